The van der Waals surface area contributed by atoms with E-state index in [0.29, 0.717) is 0 Å². The molecule has 2 heteroatoms. The van der Waals surface area contributed by atoms with Gasteiger partial charge in [0.25, 0.3) is 0 Å². The van der Waals surface area contributed by atoms with E-state index in [1.165, 1.54) is 5.57 Å². The second-order valence-corrected chi connectivity index (χ2v) is 4.62. The van der Waals surface area contributed by atoms with Gasteiger partial charge in [0.1, 0.15) is 0 Å². The van der Waals surface area contributed by atoms with Crippen molar-refractivity contribution in [1.29, 1.82) is 0 Å². The maximum absolute atomic E-state index is 4.30. The minimum atomic E-state index is 0.130. The molecular formula is C9H17NS. The van der Waals surface area contributed by atoms with Crippen LogP contribution in [0.2, 0.25) is 0 Å². The lowest BCUT2D eigenvalue weighted by atomic mass is 9.99. The molecule has 11 heavy (non-hydrogen) atoms. The Hall–Kier alpha value is 0.0500. The third kappa shape index (κ3) is 1.79. The highest BCUT2D eigenvalue weighted by Crippen LogP contribution is 2.29. The van der Waals surface area contributed by atoms with Crippen molar-refractivity contribution in [3.05, 3.63) is 11.6 Å². The summed E-state index contributed by atoms with van der Waals surface area (Å²) in [4.78, 5) is 0. The molecule has 0 radical (unpaired) electrons. The predicted molar refractivity (Wildman–Crippen MR) is 53.2 cm³/mol. The van der Waals surface area contributed by atoms with Crippen LogP contribution in [0.3, 0.4) is 0 Å². The van der Waals surface area contributed by atoms with Crippen LogP contribution in [0.25, 0.3) is 0 Å². The molecular weight excluding hydrogens is 154 g/mol. The smallest absolute Gasteiger partial charge is 0.0352 e. The van der Waals surface area contributed by atoms with Crippen LogP contribution in [0.1, 0.15) is 27.7 Å². The molecule has 0 aromatic heterocycles. The summed E-state index contributed by atoms with van der Waals surface area (Å²) in [7, 11) is 0. The van der Waals surface area contributed by atoms with Crippen LogP contribution in [-0.4, -0.2) is 16.8 Å². The van der Waals surface area contributed by atoms with Gasteiger partial charge in [-0.15, -0.1) is 0 Å². The highest BCUT2D eigenvalue weighted by molar-refractivity contribution is 7.80. The summed E-state index contributed by atoms with van der Waals surface area (Å²) in [6, 6.07) is 0. The molecule has 1 aliphatic heterocycles. The van der Waals surface area contributed by atoms with E-state index in [9.17, 15) is 0 Å². The second-order valence-electron chi connectivity index (χ2n) is 4.30. The van der Waals surface area contributed by atoms with Crippen LogP contribution in [0.5, 0.6) is 0 Å². The largest absolute Gasteiger partial charge is 0.300 e. The summed E-state index contributed by atoms with van der Waals surface area (Å²) in [5, 5.41) is 3.53. The van der Waals surface area contributed by atoms with Gasteiger partial charge >= 0.3 is 0 Å². The van der Waals surface area contributed by atoms with E-state index in [1.807, 2.05) is 0 Å². The van der Waals surface area contributed by atoms with Crippen LogP contribution in [0.15, 0.2) is 11.6 Å². The molecule has 0 fully saturated rings. The number of thiol groups is 1. The molecule has 0 saturated carbocycles. The molecule has 1 rings (SSSR count). The van der Waals surface area contributed by atoms with Crippen LogP contribution in [0, 0.1) is 0 Å². The lowest BCUT2D eigenvalue weighted by Gasteiger charge is -2.27. The third-order valence-corrected chi connectivity index (χ3v) is 2.48. The first kappa shape index (κ1) is 9.14. The van der Waals surface area contributed by atoms with E-state index in [4.69, 9.17) is 0 Å². The second kappa shape index (κ2) is 2.53. The average molecular weight is 171 g/mol. The monoisotopic (exact) mass is 171 g/mol. The van der Waals surface area contributed by atoms with E-state index in [0.717, 1.165) is 5.75 Å². The molecule has 0 aromatic carbocycles. The number of rotatable bonds is 1. The van der Waals surface area contributed by atoms with Crippen LogP contribution in [0.4, 0.5) is 0 Å². The molecule has 0 saturated heterocycles. The van der Waals surface area contributed by atoms with Gasteiger partial charge in [0.15, 0.2) is 0 Å². The SMILES string of the molecule is CC1(C)C=C(CS)C(C)(C)N1. The van der Waals surface area contributed by atoms with Crippen molar-refractivity contribution in [1.82, 2.24) is 5.32 Å². The Kier molecular flexibility index (Phi) is 2.10. The summed E-state index contributed by atoms with van der Waals surface area (Å²) in [5.74, 6) is 0.851. The van der Waals surface area contributed by atoms with Crippen LogP contribution in [-0.2, 0) is 0 Å². The highest BCUT2D eigenvalue weighted by Gasteiger charge is 2.35. The Balaban J connectivity index is 2.89. The molecule has 0 amide bonds. The van der Waals surface area contributed by atoms with E-state index in [-0.39, 0.29) is 11.1 Å². The lowest BCUT2D eigenvalue weighted by molar-refractivity contribution is 0.388. The first-order valence-corrected chi connectivity index (χ1v) is 4.63. The fraction of sp³-hybridized carbons (Fsp3) is 0.778. The number of nitrogens with one attached hydrogen (secondary N) is 1. The molecule has 64 valence electrons. The minimum absolute atomic E-state index is 0.130. The van der Waals surface area contributed by atoms with Crippen molar-refractivity contribution in [2.75, 3.05) is 5.75 Å². The first-order valence-electron chi connectivity index (χ1n) is 4.00. The Bertz CT molecular complexity index is 192. The summed E-state index contributed by atoms with van der Waals surface area (Å²) < 4.78 is 0. The maximum Gasteiger partial charge on any atom is 0.0352 e. The standard InChI is InChI=1S/C9H17NS/c1-8(2)5-7(6-11)9(3,4)10-8/h5,10-11H,6H2,1-4H3. The van der Waals surface area contributed by atoms with Gasteiger partial charge in [-0.25, -0.2) is 0 Å². The van der Waals surface area contributed by atoms with Crippen molar-refractivity contribution in [3.8, 4) is 0 Å². The van der Waals surface area contributed by atoms with E-state index in [1.54, 1.807) is 0 Å². The van der Waals surface area contributed by atoms with Gasteiger partial charge in [0.05, 0.1) is 0 Å². The van der Waals surface area contributed by atoms with Gasteiger partial charge < -0.3 is 0 Å². The van der Waals surface area contributed by atoms with Crippen molar-refractivity contribution in [3.63, 3.8) is 0 Å². The Morgan fingerprint density at radius 3 is 2.09 bits per heavy atom. The number of hydrogen-bond acceptors (Lipinski definition) is 2. The lowest BCUT2D eigenvalue weighted by Crippen LogP contribution is -2.45. The zero-order chi connectivity index (χ0) is 8.70. The van der Waals surface area contributed by atoms with Crippen molar-refractivity contribution < 1.29 is 0 Å². The molecule has 1 N–H and O–H groups in total. The fourth-order valence-electron chi connectivity index (χ4n) is 1.78. The molecule has 0 bridgehead atoms. The molecule has 1 aliphatic rings. The normalized spacial score (nSPS) is 26.8. The van der Waals surface area contributed by atoms with E-state index < -0.39 is 0 Å². The summed E-state index contributed by atoms with van der Waals surface area (Å²) in [6.07, 6.45) is 2.28. The molecule has 1 heterocycles. The van der Waals surface area contributed by atoms with Gasteiger partial charge in [0.2, 0.25) is 0 Å². The molecule has 0 aliphatic carbocycles. The first-order chi connectivity index (χ1) is 4.87. The molecule has 0 aromatic rings. The van der Waals surface area contributed by atoms with Gasteiger partial charge in [-0.05, 0) is 33.3 Å². The average Bonchev–Trinajstić information content (AvgIpc) is 1.99. The minimum Gasteiger partial charge on any atom is -0.300 e. The summed E-state index contributed by atoms with van der Waals surface area (Å²) in [5.41, 5.74) is 1.66. The van der Waals surface area contributed by atoms with Crippen molar-refractivity contribution in [2.24, 2.45) is 0 Å². The molecule has 1 nitrogen and oxygen atoms in total. The number of hydrogen-bond donors (Lipinski definition) is 2. The third-order valence-electron chi connectivity index (χ3n) is 2.14. The molecule has 0 atom stereocenters. The van der Waals surface area contributed by atoms with Gasteiger partial charge in [-0.2, -0.15) is 12.6 Å². The van der Waals surface area contributed by atoms with Crippen molar-refractivity contribution >= 4 is 12.6 Å². The van der Waals surface area contributed by atoms with E-state index >= 15 is 0 Å². The Morgan fingerprint density at radius 2 is 1.91 bits per heavy atom. The van der Waals surface area contributed by atoms with Crippen molar-refractivity contribution in [2.45, 2.75) is 38.8 Å². The summed E-state index contributed by atoms with van der Waals surface area (Å²) >= 11 is 4.30. The quantitative estimate of drug-likeness (QED) is 0.454. The zero-order valence-corrected chi connectivity index (χ0v) is 8.63. The van der Waals surface area contributed by atoms with E-state index in [2.05, 4.69) is 51.7 Å². The van der Waals surface area contributed by atoms with Gasteiger partial charge in [-0.1, -0.05) is 6.08 Å². The Labute approximate surface area is 74.7 Å². The summed E-state index contributed by atoms with van der Waals surface area (Å²) in [6.45, 7) is 8.77. The topological polar surface area (TPSA) is 12.0 Å². The molecule has 0 unspecified atom stereocenters. The fourth-order valence-corrected chi connectivity index (χ4v) is 2.27. The maximum atomic E-state index is 4.30. The molecule has 0 spiro atoms. The van der Waals surface area contributed by atoms with Crippen LogP contribution < -0.4 is 5.32 Å². The Morgan fingerprint density at radius 1 is 1.36 bits per heavy atom. The van der Waals surface area contributed by atoms with Gasteiger partial charge in [0, 0.05) is 16.8 Å². The predicted octanol–water partition coefficient (Wildman–Crippen LogP) is 2.00. The zero-order valence-electron chi connectivity index (χ0n) is 7.73. The van der Waals surface area contributed by atoms with Crippen LogP contribution >= 0.6 is 12.6 Å². The van der Waals surface area contributed by atoms with Gasteiger partial charge in [-0.3, -0.25) is 5.32 Å². The highest BCUT2D eigenvalue weighted by atomic mass is 32.1.